The van der Waals surface area contributed by atoms with Gasteiger partial charge in [-0.15, -0.1) is 0 Å². The second kappa shape index (κ2) is 10.5. The zero-order chi connectivity index (χ0) is 24.0. The van der Waals surface area contributed by atoms with Crippen molar-refractivity contribution in [2.24, 2.45) is 0 Å². The molecule has 3 aromatic rings. The van der Waals surface area contributed by atoms with Gasteiger partial charge in [0.15, 0.2) is 11.5 Å². The van der Waals surface area contributed by atoms with Crippen molar-refractivity contribution in [1.29, 1.82) is 0 Å². The van der Waals surface area contributed by atoms with Gasteiger partial charge in [-0.1, -0.05) is 13.8 Å². The number of ether oxygens (including phenoxy) is 2. The summed E-state index contributed by atoms with van der Waals surface area (Å²) in [6.07, 6.45) is 1.42. The Morgan fingerprint density at radius 1 is 1.00 bits per heavy atom. The SMILES string of the molecule is CCOc1ccc(Oc2ccc(S(=O)(=O)N(CC)CC)cc2NC(=O)c2occc2C)cc1. The van der Waals surface area contributed by atoms with Crippen LogP contribution >= 0.6 is 0 Å². The molecule has 2 aromatic carbocycles. The molecule has 0 atom stereocenters. The van der Waals surface area contributed by atoms with Gasteiger partial charge in [0.25, 0.3) is 5.91 Å². The molecule has 0 fully saturated rings. The van der Waals surface area contributed by atoms with E-state index in [1.165, 1.54) is 28.8 Å². The molecule has 0 radical (unpaired) electrons. The summed E-state index contributed by atoms with van der Waals surface area (Å²) in [5.74, 6) is 1.12. The highest BCUT2D eigenvalue weighted by Gasteiger charge is 2.24. The molecule has 0 unspecified atom stereocenters. The van der Waals surface area contributed by atoms with Crippen molar-refractivity contribution in [2.75, 3.05) is 25.0 Å². The number of hydrogen-bond donors (Lipinski definition) is 1. The molecule has 0 aliphatic rings. The van der Waals surface area contributed by atoms with E-state index in [1.807, 2.05) is 6.92 Å². The molecule has 33 heavy (non-hydrogen) atoms. The van der Waals surface area contributed by atoms with Crippen LogP contribution in [0.2, 0.25) is 0 Å². The molecule has 3 rings (SSSR count). The Labute approximate surface area is 194 Å². The van der Waals surface area contributed by atoms with Crippen molar-refractivity contribution in [3.05, 3.63) is 66.1 Å². The second-order valence-corrected chi connectivity index (χ2v) is 9.08. The van der Waals surface area contributed by atoms with Gasteiger partial charge in [0.1, 0.15) is 11.5 Å². The van der Waals surface area contributed by atoms with Gasteiger partial charge >= 0.3 is 0 Å². The average Bonchev–Trinajstić information content (AvgIpc) is 3.23. The van der Waals surface area contributed by atoms with E-state index in [9.17, 15) is 13.2 Å². The lowest BCUT2D eigenvalue weighted by Crippen LogP contribution is -2.30. The smallest absolute Gasteiger partial charge is 0.291 e. The molecule has 9 heteroatoms. The third-order valence-corrected chi connectivity index (χ3v) is 7.02. The predicted octanol–water partition coefficient (Wildman–Crippen LogP) is 5.06. The van der Waals surface area contributed by atoms with E-state index in [-0.39, 0.29) is 22.1 Å². The van der Waals surface area contributed by atoms with E-state index in [2.05, 4.69) is 5.32 Å². The van der Waals surface area contributed by atoms with Crippen LogP contribution in [-0.4, -0.2) is 38.3 Å². The minimum atomic E-state index is -3.74. The lowest BCUT2D eigenvalue weighted by atomic mass is 10.2. The number of carbonyl (C=O) groups excluding carboxylic acids is 1. The predicted molar refractivity (Wildman–Crippen MR) is 126 cm³/mol. The fraction of sp³-hybridized carbons (Fsp3) is 0.292. The molecule has 1 amide bonds. The van der Waals surface area contributed by atoms with E-state index in [0.717, 1.165) is 0 Å². The lowest BCUT2D eigenvalue weighted by Gasteiger charge is -2.20. The molecule has 0 aliphatic heterocycles. The molecule has 1 aromatic heterocycles. The summed E-state index contributed by atoms with van der Waals surface area (Å²) in [5.41, 5.74) is 0.867. The van der Waals surface area contributed by atoms with Crippen molar-refractivity contribution in [3.63, 3.8) is 0 Å². The van der Waals surface area contributed by atoms with Crippen molar-refractivity contribution in [3.8, 4) is 17.2 Å². The van der Waals surface area contributed by atoms with E-state index in [1.54, 1.807) is 51.1 Å². The Balaban J connectivity index is 1.98. The molecule has 0 spiro atoms. The van der Waals surface area contributed by atoms with Gasteiger partial charge in [-0.3, -0.25) is 4.79 Å². The minimum absolute atomic E-state index is 0.0525. The molecule has 0 saturated carbocycles. The number of anilines is 1. The van der Waals surface area contributed by atoms with Gasteiger partial charge < -0.3 is 19.2 Å². The maximum absolute atomic E-state index is 13.0. The van der Waals surface area contributed by atoms with Crippen LogP contribution in [-0.2, 0) is 10.0 Å². The maximum Gasteiger partial charge on any atom is 0.291 e. The first kappa shape index (κ1) is 24.3. The number of hydrogen-bond acceptors (Lipinski definition) is 6. The Kier molecular flexibility index (Phi) is 7.78. The first-order chi connectivity index (χ1) is 15.8. The first-order valence-corrected chi connectivity index (χ1v) is 12.1. The number of nitrogens with one attached hydrogen (secondary N) is 1. The van der Waals surface area contributed by atoms with Gasteiger partial charge in [0.05, 0.1) is 23.5 Å². The molecular formula is C24H28N2O6S. The van der Waals surface area contributed by atoms with Crippen molar-refractivity contribution < 1.29 is 27.1 Å². The normalized spacial score (nSPS) is 11.4. The summed E-state index contributed by atoms with van der Waals surface area (Å²) in [7, 11) is -3.74. The number of nitrogens with zero attached hydrogens (tertiary/aromatic N) is 1. The number of carbonyl (C=O) groups is 1. The largest absolute Gasteiger partial charge is 0.494 e. The first-order valence-electron chi connectivity index (χ1n) is 10.7. The molecule has 176 valence electrons. The molecule has 0 bridgehead atoms. The van der Waals surface area contributed by atoms with E-state index >= 15 is 0 Å². The Morgan fingerprint density at radius 3 is 2.24 bits per heavy atom. The zero-order valence-electron chi connectivity index (χ0n) is 19.1. The Morgan fingerprint density at radius 2 is 1.67 bits per heavy atom. The second-order valence-electron chi connectivity index (χ2n) is 7.14. The van der Waals surface area contributed by atoms with Gasteiger partial charge in [0, 0.05) is 18.7 Å². The maximum atomic E-state index is 13.0. The highest BCUT2D eigenvalue weighted by molar-refractivity contribution is 7.89. The summed E-state index contributed by atoms with van der Waals surface area (Å²) in [6.45, 7) is 8.39. The van der Waals surface area contributed by atoms with Crippen LogP contribution in [0, 0.1) is 6.92 Å². The number of aryl methyl sites for hydroxylation is 1. The van der Waals surface area contributed by atoms with Crippen LogP contribution in [0.4, 0.5) is 5.69 Å². The van der Waals surface area contributed by atoms with Gasteiger partial charge in [0.2, 0.25) is 10.0 Å². The number of benzene rings is 2. The van der Waals surface area contributed by atoms with Crippen LogP contribution in [0.25, 0.3) is 0 Å². The molecule has 8 nitrogen and oxygen atoms in total. The van der Waals surface area contributed by atoms with Gasteiger partial charge in [-0.25, -0.2) is 8.42 Å². The molecule has 0 aliphatic carbocycles. The van der Waals surface area contributed by atoms with Gasteiger partial charge in [-0.05, 0) is 62.4 Å². The van der Waals surface area contributed by atoms with Crippen molar-refractivity contribution in [1.82, 2.24) is 4.31 Å². The number of furan rings is 1. The third-order valence-electron chi connectivity index (χ3n) is 4.97. The highest BCUT2D eigenvalue weighted by Crippen LogP contribution is 2.34. The lowest BCUT2D eigenvalue weighted by molar-refractivity contribution is 0.0995. The van der Waals surface area contributed by atoms with Crippen molar-refractivity contribution in [2.45, 2.75) is 32.6 Å². The summed E-state index contributed by atoms with van der Waals surface area (Å²) >= 11 is 0. The monoisotopic (exact) mass is 472 g/mol. The third kappa shape index (κ3) is 5.55. The summed E-state index contributed by atoms with van der Waals surface area (Å²) < 4.78 is 44.1. The van der Waals surface area contributed by atoms with Crippen LogP contribution in [0.5, 0.6) is 17.2 Å². The fourth-order valence-electron chi connectivity index (χ4n) is 3.25. The summed E-state index contributed by atoms with van der Waals surface area (Å²) in [4.78, 5) is 12.8. The van der Waals surface area contributed by atoms with Crippen LogP contribution < -0.4 is 14.8 Å². The Hall–Kier alpha value is -3.30. The van der Waals surface area contributed by atoms with Crippen LogP contribution in [0.1, 0.15) is 36.9 Å². The number of amides is 1. The molecule has 1 heterocycles. The van der Waals surface area contributed by atoms with Crippen molar-refractivity contribution >= 4 is 21.6 Å². The minimum Gasteiger partial charge on any atom is -0.494 e. The molecule has 1 N–H and O–H groups in total. The van der Waals surface area contributed by atoms with E-state index < -0.39 is 15.9 Å². The van der Waals surface area contributed by atoms with Gasteiger partial charge in [-0.2, -0.15) is 4.31 Å². The topological polar surface area (TPSA) is 98.1 Å². The van der Waals surface area contributed by atoms with Crippen LogP contribution in [0.15, 0.2) is 64.1 Å². The summed E-state index contributed by atoms with van der Waals surface area (Å²) in [6, 6.07) is 13.1. The summed E-state index contributed by atoms with van der Waals surface area (Å²) in [5, 5.41) is 2.73. The van der Waals surface area contributed by atoms with Crippen LogP contribution in [0.3, 0.4) is 0 Å². The molecule has 0 saturated heterocycles. The Bertz CT molecular complexity index is 1200. The van der Waals surface area contributed by atoms with E-state index in [0.29, 0.717) is 36.8 Å². The highest BCUT2D eigenvalue weighted by atomic mass is 32.2. The fourth-order valence-corrected chi connectivity index (χ4v) is 4.74. The average molecular weight is 473 g/mol. The zero-order valence-corrected chi connectivity index (χ0v) is 19.9. The van der Waals surface area contributed by atoms with E-state index in [4.69, 9.17) is 13.9 Å². The standard InChI is InChI=1S/C24H28N2O6S/c1-5-26(6-2)33(28,29)20-12-13-22(32-19-10-8-18(9-11-19)30-7-3)21(16-20)25-24(27)23-17(4)14-15-31-23/h8-16H,5-7H2,1-4H3,(H,25,27). The number of rotatable bonds is 10. The molecular weight excluding hydrogens is 444 g/mol. The quantitative estimate of drug-likeness (QED) is 0.443. The number of sulfonamides is 1.